The fraction of sp³-hybridized carbons (Fsp3) is 0.200. The molecule has 26 heavy (non-hydrogen) atoms. The number of benzene rings is 2. The number of hydrogen-bond acceptors (Lipinski definition) is 4. The van der Waals surface area contributed by atoms with Gasteiger partial charge in [-0.1, -0.05) is 18.2 Å². The van der Waals surface area contributed by atoms with Crippen molar-refractivity contribution < 1.29 is 13.9 Å². The first-order valence-electron chi connectivity index (χ1n) is 8.34. The van der Waals surface area contributed by atoms with E-state index in [9.17, 15) is 9.18 Å². The molecule has 0 radical (unpaired) electrons. The molecule has 0 fully saturated rings. The number of carbonyl (C=O) groups is 1. The molecule has 6 heteroatoms. The Morgan fingerprint density at radius 3 is 2.77 bits per heavy atom. The Morgan fingerprint density at radius 2 is 1.92 bits per heavy atom. The number of amides is 1. The van der Waals surface area contributed by atoms with E-state index in [0.29, 0.717) is 25.3 Å². The highest BCUT2D eigenvalue weighted by Crippen LogP contribution is 2.23. The van der Waals surface area contributed by atoms with Crippen LogP contribution in [0.25, 0.3) is 10.9 Å². The molecule has 1 amide bonds. The predicted octanol–water partition coefficient (Wildman–Crippen LogP) is 4.05. The lowest BCUT2D eigenvalue weighted by Gasteiger charge is -2.09. The lowest BCUT2D eigenvalue weighted by molar-refractivity contribution is -0.118. The van der Waals surface area contributed by atoms with E-state index in [2.05, 4.69) is 10.3 Å². The van der Waals surface area contributed by atoms with Crippen LogP contribution in [0.2, 0.25) is 0 Å². The molecule has 0 atom stereocenters. The summed E-state index contributed by atoms with van der Waals surface area (Å²) in [5.41, 5.74) is 0.842. The fourth-order valence-corrected chi connectivity index (χ4v) is 3.13. The summed E-state index contributed by atoms with van der Waals surface area (Å²) >= 11 is 1.38. The molecular weight excluding hydrogens is 351 g/mol. The number of pyridine rings is 1. The molecule has 0 bridgehead atoms. The minimum Gasteiger partial charge on any atom is -0.491 e. The highest BCUT2D eigenvalue weighted by atomic mass is 32.2. The van der Waals surface area contributed by atoms with Crippen molar-refractivity contribution in [2.24, 2.45) is 0 Å². The highest BCUT2D eigenvalue weighted by molar-refractivity contribution is 8.00. The molecule has 0 unspecified atom stereocenters. The molecule has 0 aliphatic heterocycles. The van der Waals surface area contributed by atoms with Gasteiger partial charge in [0.15, 0.2) is 0 Å². The van der Waals surface area contributed by atoms with E-state index >= 15 is 0 Å². The maximum absolute atomic E-state index is 12.8. The van der Waals surface area contributed by atoms with Gasteiger partial charge in [-0.05, 0) is 42.8 Å². The van der Waals surface area contributed by atoms with Gasteiger partial charge in [0, 0.05) is 23.0 Å². The fourth-order valence-electron chi connectivity index (χ4n) is 2.41. The monoisotopic (exact) mass is 370 g/mol. The molecule has 134 valence electrons. The number of nitrogens with one attached hydrogen (secondary N) is 1. The van der Waals surface area contributed by atoms with E-state index in [1.54, 1.807) is 18.3 Å². The number of nitrogens with zero attached hydrogens (tertiary/aromatic N) is 1. The van der Waals surface area contributed by atoms with E-state index in [-0.39, 0.29) is 11.7 Å². The molecule has 4 nitrogen and oxygen atoms in total. The van der Waals surface area contributed by atoms with Crippen molar-refractivity contribution in [1.29, 1.82) is 0 Å². The Kier molecular flexibility index (Phi) is 6.44. The van der Waals surface area contributed by atoms with Crippen LogP contribution >= 0.6 is 11.8 Å². The van der Waals surface area contributed by atoms with Gasteiger partial charge in [0.1, 0.15) is 17.1 Å². The normalized spacial score (nSPS) is 10.7. The molecule has 0 spiro atoms. The van der Waals surface area contributed by atoms with Crippen molar-refractivity contribution in [3.63, 3.8) is 0 Å². The Morgan fingerprint density at radius 1 is 1.12 bits per heavy atom. The summed E-state index contributed by atoms with van der Waals surface area (Å²) in [6.07, 6.45) is 2.45. The second-order valence-electron chi connectivity index (χ2n) is 5.63. The van der Waals surface area contributed by atoms with Gasteiger partial charge in [-0.2, -0.15) is 0 Å². The molecule has 3 aromatic rings. The lowest BCUT2D eigenvalue weighted by atomic mass is 10.2. The van der Waals surface area contributed by atoms with Crippen LogP contribution in [0.4, 0.5) is 4.39 Å². The average Bonchev–Trinajstić information content (AvgIpc) is 2.67. The van der Waals surface area contributed by atoms with Crippen molar-refractivity contribution in [3.8, 4) is 5.75 Å². The van der Waals surface area contributed by atoms with E-state index in [1.807, 2.05) is 30.3 Å². The van der Waals surface area contributed by atoms with E-state index in [4.69, 9.17) is 4.74 Å². The van der Waals surface area contributed by atoms with Gasteiger partial charge in [0.05, 0.1) is 12.4 Å². The zero-order chi connectivity index (χ0) is 18.2. The zero-order valence-corrected chi connectivity index (χ0v) is 15.0. The lowest BCUT2D eigenvalue weighted by Crippen LogP contribution is -2.27. The molecule has 1 aromatic heterocycles. The topological polar surface area (TPSA) is 51.2 Å². The number of thioether (sulfide) groups is 1. The molecule has 1 N–H and O–H groups in total. The van der Waals surface area contributed by atoms with Crippen LogP contribution in [-0.4, -0.2) is 29.8 Å². The summed E-state index contributed by atoms with van der Waals surface area (Å²) in [4.78, 5) is 17.0. The summed E-state index contributed by atoms with van der Waals surface area (Å²) in [5, 5.41) is 3.90. The Labute approximate surface area is 155 Å². The maximum Gasteiger partial charge on any atom is 0.230 e. The third-order valence-electron chi connectivity index (χ3n) is 3.68. The second-order valence-corrected chi connectivity index (χ2v) is 6.67. The van der Waals surface area contributed by atoms with Crippen LogP contribution in [0.1, 0.15) is 6.42 Å². The van der Waals surface area contributed by atoms with Gasteiger partial charge in [0.25, 0.3) is 0 Å². The Balaban J connectivity index is 1.36. The number of aromatic nitrogens is 1. The van der Waals surface area contributed by atoms with Gasteiger partial charge >= 0.3 is 0 Å². The number of para-hydroxylation sites is 1. The molecule has 0 saturated carbocycles. The summed E-state index contributed by atoms with van der Waals surface area (Å²) in [6.45, 7) is 1.04. The summed E-state index contributed by atoms with van der Waals surface area (Å²) < 4.78 is 18.6. The molecule has 0 aliphatic rings. The number of hydrogen-bond donors (Lipinski definition) is 1. The van der Waals surface area contributed by atoms with E-state index in [1.165, 1.54) is 23.9 Å². The van der Waals surface area contributed by atoms with Crippen LogP contribution in [0.3, 0.4) is 0 Å². The first-order chi connectivity index (χ1) is 12.7. The van der Waals surface area contributed by atoms with Gasteiger partial charge in [-0.25, -0.2) is 4.39 Å². The van der Waals surface area contributed by atoms with Crippen LogP contribution < -0.4 is 10.1 Å². The van der Waals surface area contributed by atoms with Crippen LogP contribution in [-0.2, 0) is 4.79 Å². The third kappa shape index (κ3) is 5.20. The van der Waals surface area contributed by atoms with E-state index in [0.717, 1.165) is 21.5 Å². The number of rotatable bonds is 8. The molecule has 1 heterocycles. The Bertz CT molecular complexity index is 866. The van der Waals surface area contributed by atoms with Crippen molar-refractivity contribution in [3.05, 3.63) is 66.6 Å². The zero-order valence-electron chi connectivity index (χ0n) is 14.2. The molecule has 0 aliphatic carbocycles. The van der Waals surface area contributed by atoms with Gasteiger partial charge in [-0.15, -0.1) is 11.8 Å². The standard InChI is InChI=1S/C20H19FN2O2S/c21-16-7-9-17(10-8-16)26-14-19(24)22-12-3-13-25-18-6-1-4-15-5-2-11-23-20(15)18/h1-2,4-11H,3,12-14H2,(H,22,24). The minimum absolute atomic E-state index is 0.0499. The minimum atomic E-state index is -0.278. The third-order valence-corrected chi connectivity index (χ3v) is 4.69. The van der Waals surface area contributed by atoms with Gasteiger partial charge < -0.3 is 10.1 Å². The molecular formula is C20H19FN2O2S. The number of ether oxygens (including phenoxy) is 1. The highest BCUT2D eigenvalue weighted by Gasteiger charge is 2.04. The first kappa shape index (κ1) is 18.2. The van der Waals surface area contributed by atoms with Crippen molar-refractivity contribution in [2.45, 2.75) is 11.3 Å². The average molecular weight is 370 g/mol. The van der Waals surface area contributed by atoms with Crippen LogP contribution in [0.5, 0.6) is 5.75 Å². The molecule has 0 saturated heterocycles. The van der Waals surface area contributed by atoms with E-state index < -0.39 is 0 Å². The molecule has 2 aromatic carbocycles. The summed E-state index contributed by atoms with van der Waals surface area (Å²) in [7, 11) is 0. The predicted molar refractivity (Wildman–Crippen MR) is 102 cm³/mol. The summed E-state index contributed by atoms with van der Waals surface area (Å²) in [5.74, 6) is 0.729. The largest absolute Gasteiger partial charge is 0.491 e. The van der Waals surface area contributed by atoms with Gasteiger partial charge in [0.2, 0.25) is 5.91 Å². The van der Waals surface area contributed by atoms with Gasteiger partial charge in [-0.3, -0.25) is 9.78 Å². The number of carbonyl (C=O) groups excluding carboxylic acids is 1. The smallest absolute Gasteiger partial charge is 0.230 e. The van der Waals surface area contributed by atoms with Crippen LogP contribution in [0.15, 0.2) is 65.7 Å². The number of fused-ring (bicyclic) bond motifs is 1. The number of halogens is 1. The quantitative estimate of drug-likeness (QED) is 0.480. The molecule has 3 rings (SSSR count). The van der Waals surface area contributed by atoms with Crippen molar-refractivity contribution in [1.82, 2.24) is 10.3 Å². The maximum atomic E-state index is 12.8. The summed E-state index contributed by atoms with van der Waals surface area (Å²) in [6, 6.07) is 15.8. The first-order valence-corrected chi connectivity index (χ1v) is 9.32. The van der Waals surface area contributed by atoms with Crippen LogP contribution in [0, 0.1) is 5.82 Å². The SMILES string of the molecule is O=C(CSc1ccc(F)cc1)NCCCOc1cccc2cccnc12. The van der Waals surface area contributed by atoms with Crippen molar-refractivity contribution >= 4 is 28.6 Å². The second kappa shape index (κ2) is 9.20. The van der Waals surface area contributed by atoms with Crippen molar-refractivity contribution in [2.75, 3.05) is 18.9 Å². The Hall–Kier alpha value is -2.60.